The third-order valence-electron chi connectivity index (χ3n) is 3.39. The molecule has 2 aromatic rings. The third kappa shape index (κ3) is 3.64. The van der Waals surface area contributed by atoms with Gasteiger partial charge in [0.1, 0.15) is 18.2 Å². The van der Waals surface area contributed by atoms with E-state index >= 15 is 0 Å². The number of benzene rings is 1. The summed E-state index contributed by atoms with van der Waals surface area (Å²) in [5, 5.41) is 22.4. The smallest absolute Gasteiger partial charge is 0.287 e. The molecule has 0 unspecified atom stereocenters. The van der Waals surface area contributed by atoms with E-state index in [2.05, 4.69) is 5.32 Å². The van der Waals surface area contributed by atoms with Crippen molar-refractivity contribution < 1.29 is 9.72 Å². The number of nitrogens with one attached hydrogen (secondary N) is 1. The molecule has 0 atom stereocenters. The van der Waals surface area contributed by atoms with Gasteiger partial charge in [-0.15, -0.1) is 0 Å². The number of carbonyl (C=O) groups is 1. The highest BCUT2D eigenvalue weighted by molar-refractivity contribution is 5.91. The standard InChI is InChI=1S/C16H14N4O4/c1-2-11-5-3-4-6-14(11)18-15(21)10-19-9-13(20(23)24)7-12(8-17)16(19)22/h3-7,9H,2,10H2,1H3,(H,18,21). The van der Waals surface area contributed by atoms with E-state index in [4.69, 9.17) is 5.26 Å². The first-order chi connectivity index (χ1) is 11.5. The molecule has 0 saturated heterocycles. The van der Waals surface area contributed by atoms with E-state index in [9.17, 15) is 19.7 Å². The number of pyridine rings is 1. The van der Waals surface area contributed by atoms with Crippen molar-refractivity contribution in [2.45, 2.75) is 19.9 Å². The number of aryl methyl sites for hydroxylation is 1. The van der Waals surface area contributed by atoms with Crippen LogP contribution in [0.4, 0.5) is 11.4 Å². The van der Waals surface area contributed by atoms with Crippen LogP contribution in [-0.4, -0.2) is 15.4 Å². The first-order valence-corrected chi connectivity index (χ1v) is 7.13. The highest BCUT2D eigenvalue weighted by Gasteiger charge is 2.16. The summed E-state index contributed by atoms with van der Waals surface area (Å²) >= 11 is 0. The Morgan fingerprint density at radius 2 is 2.12 bits per heavy atom. The molecule has 0 radical (unpaired) electrons. The van der Waals surface area contributed by atoms with Crippen LogP contribution in [0.2, 0.25) is 0 Å². The summed E-state index contributed by atoms with van der Waals surface area (Å²) in [6, 6.07) is 9.70. The quantitative estimate of drug-likeness (QED) is 0.664. The zero-order valence-corrected chi connectivity index (χ0v) is 12.9. The summed E-state index contributed by atoms with van der Waals surface area (Å²) in [7, 11) is 0. The van der Waals surface area contributed by atoms with E-state index in [-0.39, 0.29) is 5.56 Å². The average molecular weight is 326 g/mol. The highest BCUT2D eigenvalue weighted by Crippen LogP contribution is 2.15. The molecular weight excluding hydrogens is 312 g/mol. The van der Waals surface area contributed by atoms with Crippen molar-refractivity contribution in [1.82, 2.24) is 4.57 Å². The Hall–Kier alpha value is -3.47. The first-order valence-electron chi connectivity index (χ1n) is 7.13. The van der Waals surface area contributed by atoms with Gasteiger partial charge in [-0.25, -0.2) is 0 Å². The number of hydrogen-bond acceptors (Lipinski definition) is 5. The van der Waals surface area contributed by atoms with E-state index in [1.54, 1.807) is 18.2 Å². The van der Waals surface area contributed by atoms with E-state index in [0.29, 0.717) is 12.1 Å². The van der Waals surface area contributed by atoms with Crippen LogP contribution in [-0.2, 0) is 17.8 Å². The molecule has 0 aliphatic carbocycles. The molecule has 1 aromatic heterocycles. The Bertz CT molecular complexity index is 896. The molecule has 2 rings (SSSR count). The summed E-state index contributed by atoms with van der Waals surface area (Å²) in [6.45, 7) is 1.52. The lowest BCUT2D eigenvalue weighted by Gasteiger charge is -2.10. The number of carbonyl (C=O) groups excluding carboxylic acids is 1. The van der Waals surface area contributed by atoms with E-state index in [0.717, 1.165) is 22.4 Å². The van der Waals surface area contributed by atoms with Crippen molar-refractivity contribution in [3.63, 3.8) is 0 Å². The van der Waals surface area contributed by atoms with Gasteiger partial charge in [0.25, 0.3) is 11.2 Å². The zero-order chi connectivity index (χ0) is 17.7. The van der Waals surface area contributed by atoms with Crippen molar-refractivity contribution in [2.24, 2.45) is 0 Å². The molecule has 1 heterocycles. The van der Waals surface area contributed by atoms with Gasteiger partial charge >= 0.3 is 0 Å². The Kier molecular flexibility index (Phi) is 5.06. The maximum atomic E-state index is 12.2. The molecule has 1 amide bonds. The lowest BCUT2D eigenvalue weighted by molar-refractivity contribution is -0.385. The van der Waals surface area contributed by atoms with E-state index in [1.807, 2.05) is 19.1 Å². The maximum absolute atomic E-state index is 12.2. The normalized spacial score (nSPS) is 10.0. The number of nitriles is 1. The molecule has 24 heavy (non-hydrogen) atoms. The summed E-state index contributed by atoms with van der Waals surface area (Å²) in [4.78, 5) is 34.3. The number of nitrogens with zero attached hydrogens (tertiary/aromatic N) is 3. The van der Waals surface area contributed by atoms with Crippen LogP contribution >= 0.6 is 0 Å². The molecule has 0 saturated carbocycles. The van der Waals surface area contributed by atoms with Gasteiger partial charge in [0.15, 0.2) is 0 Å². The number of amides is 1. The van der Waals surface area contributed by atoms with E-state index < -0.39 is 28.6 Å². The van der Waals surface area contributed by atoms with Crippen LogP contribution in [0.25, 0.3) is 0 Å². The Morgan fingerprint density at radius 1 is 1.42 bits per heavy atom. The minimum Gasteiger partial charge on any atom is -0.324 e. The van der Waals surface area contributed by atoms with Gasteiger partial charge in [-0.1, -0.05) is 25.1 Å². The minimum absolute atomic E-state index is 0.383. The minimum atomic E-state index is -0.748. The van der Waals surface area contributed by atoms with Crippen LogP contribution < -0.4 is 10.9 Å². The van der Waals surface area contributed by atoms with Crippen LogP contribution in [0.1, 0.15) is 18.1 Å². The van der Waals surface area contributed by atoms with Gasteiger partial charge in [-0.2, -0.15) is 5.26 Å². The number of aromatic nitrogens is 1. The highest BCUT2D eigenvalue weighted by atomic mass is 16.6. The molecular formula is C16H14N4O4. The molecule has 0 bridgehead atoms. The van der Waals surface area contributed by atoms with Crippen molar-refractivity contribution >= 4 is 17.3 Å². The topological polar surface area (TPSA) is 118 Å². The number of nitro groups is 1. The molecule has 0 spiro atoms. The first kappa shape index (κ1) is 16.9. The monoisotopic (exact) mass is 326 g/mol. The lowest BCUT2D eigenvalue weighted by Crippen LogP contribution is -2.29. The zero-order valence-electron chi connectivity index (χ0n) is 12.9. The summed E-state index contributed by atoms with van der Waals surface area (Å²) < 4.78 is 0.862. The Balaban J connectivity index is 2.29. The number of para-hydroxylation sites is 1. The van der Waals surface area contributed by atoms with Gasteiger partial charge in [0.05, 0.1) is 11.1 Å². The van der Waals surface area contributed by atoms with Gasteiger partial charge in [-0.05, 0) is 18.1 Å². The van der Waals surface area contributed by atoms with Crippen LogP contribution in [0, 0.1) is 21.4 Å². The predicted molar refractivity (Wildman–Crippen MR) is 86.5 cm³/mol. The number of hydrogen-bond donors (Lipinski definition) is 1. The predicted octanol–water partition coefficient (Wildman–Crippen LogP) is 1.83. The lowest BCUT2D eigenvalue weighted by atomic mass is 10.1. The molecule has 0 fully saturated rings. The molecule has 0 aliphatic rings. The molecule has 0 aliphatic heterocycles. The maximum Gasteiger partial charge on any atom is 0.287 e. The molecule has 8 heteroatoms. The fourth-order valence-electron chi connectivity index (χ4n) is 2.21. The van der Waals surface area contributed by atoms with Crippen molar-refractivity contribution in [3.05, 3.63) is 68.1 Å². The second-order valence-electron chi connectivity index (χ2n) is 4.97. The van der Waals surface area contributed by atoms with E-state index in [1.165, 1.54) is 0 Å². The van der Waals surface area contributed by atoms with Crippen LogP contribution in [0.5, 0.6) is 0 Å². The largest absolute Gasteiger partial charge is 0.324 e. The summed E-state index contributed by atoms with van der Waals surface area (Å²) in [5.74, 6) is -0.512. The van der Waals surface area contributed by atoms with Crippen LogP contribution in [0.3, 0.4) is 0 Å². The SMILES string of the molecule is CCc1ccccc1NC(=O)Cn1cc([N+](=O)[O-])cc(C#N)c1=O. The second kappa shape index (κ2) is 7.19. The third-order valence-corrected chi connectivity index (χ3v) is 3.39. The summed E-state index contributed by atoms with van der Waals surface area (Å²) in [6.07, 6.45) is 1.67. The Labute approximate surface area is 137 Å². The second-order valence-corrected chi connectivity index (χ2v) is 4.97. The van der Waals surface area contributed by atoms with Crippen molar-refractivity contribution in [1.29, 1.82) is 5.26 Å². The Morgan fingerprint density at radius 3 is 2.75 bits per heavy atom. The number of rotatable bonds is 5. The molecule has 122 valence electrons. The van der Waals surface area contributed by atoms with Crippen LogP contribution in [0.15, 0.2) is 41.3 Å². The average Bonchev–Trinajstić information content (AvgIpc) is 2.56. The molecule has 1 N–H and O–H groups in total. The fraction of sp³-hybridized carbons (Fsp3) is 0.188. The van der Waals surface area contributed by atoms with Gasteiger partial charge in [0, 0.05) is 11.8 Å². The number of anilines is 1. The molecule has 1 aromatic carbocycles. The van der Waals surface area contributed by atoms with Crippen molar-refractivity contribution in [2.75, 3.05) is 5.32 Å². The van der Waals surface area contributed by atoms with Gasteiger partial charge < -0.3 is 5.32 Å². The van der Waals surface area contributed by atoms with Gasteiger partial charge in [0.2, 0.25) is 5.91 Å². The fourth-order valence-corrected chi connectivity index (χ4v) is 2.21. The van der Waals surface area contributed by atoms with Gasteiger partial charge in [-0.3, -0.25) is 24.3 Å². The molecule has 8 nitrogen and oxygen atoms in total. The summed E-state index contributed by atoms with van der Waals surface area (Å²) in [5.41, 5.74) is -0.0140. The van der Waals surface area contributed by atoms with Crippen molar-refractivity contribution in [3.8, 4) is 6.07 Å².